The maximum Gasteiger partial charge on any atom is 0.227 e. The standard InChI is InChI=1S/C19H24N2O5/c1-12-3-6-14(7-4-12)19-20-17(26-21-19)9-5-13(2)24-18-10-8-15(23)16(11-22)25-18/h3-4,6-8,10,13,15-16,18,22-23H,5,9,11H2,1-2H3/t13-,15+,16-,18+/m1/s1. The van der Waals surface area contributed by atoms with E-state index in [9.17, 15) is 10.2 Å². The van der Waals surface area contributed by atoms with Gasteiger partial charge >= 0.3 is 0 Å². The number of aliphatic hydroxyl groups is 2. The molecule has 2 N–H and O–H groups in total. The van der Waals surface area contributed by atoms with E-state index in [0.717, 1.165) is 5.56 Å². The fraction of sp³-hybridized carbons (Fsp3) is 0.474. The van der Waals surface area contributed by atoms with Crippen molar-refractivity contribution in [3.63, 3.8) is 0 Å². The smallest absolute Gasteiger partial charge is 0.227 e. The van der Waals surface area contributed by atoms with Crippen LogP contribution in [-0.4, -0.2) is 51.6 Å². The highest BCUT2D eigenvalue weighted by Crippen LogP contribution is 2.19. The van der Waals surface area contributed by atoms with Gasteiger partial charge < -0.3 is 24.2 Å². The van der Waals surface area contributed by atoms with Crippen LogP contribution in [0.2, 0.25) is 0 Å². The summed E-state index contributed by atoms with van der Waals surface area (Å²) in [6.07, 6.45) is 2.31. The Morgan fingerprint density at radius 1 is 1.23 bits per heavy atom. The van der Waals surface area contributed by atoms with Crippen LogP contribution in [0.15, 0.2) is 40.9 Å². The lowest BCUT2D eigenvalue weighted by Crippen LogP contribution is -2.39. The molecule has 0 radical (unpaired) electrons. The van der Waals surface area contributed by atoms with Crippen LogP contribution >= 0.6 is 0 Å². The zero-order valence-corrected chi connectivity index (χ0v) is 14.9. The Labute approximate surface area is 152 Å². The van der Waals surface area contributed by atoms with Gasteiger partial charge in [-0.1, -0.05) is 41.1 Å². The summed E-state index contributed by atoms with van der Waals surface area (Å²) in [6.45, 7) is 3.69. The molecule has 4 atom stereocenters. The molecule has 140 valence electrons. The summed E-state index contributed by atoms with van der Waals surface area (Å²) < 4.78 is 16.6. The highest BCUT2D eigenvalue weighted by molar-refractivity contribution is 5.54. The molecular formula is C19H24N2O5. The Kier molecular flexibility index (Phi) is 6.16. The molecule has 0 fully saturated rings. The summed E-state index contributed by atoms with van der Waals surface area (Å²) in [4.78, 5) is 4.42. The molecule has 2 heterocycles. The predicted molar refractivity (Wildman–Crippen MR) is 94.2 cm³/mol. The average Bonchev–Trinajstić information content (AvgIpc) is 3.11. The first-order valence-electron chi connectivity index (χ1n) is 8.73. The van der Waals surface area contributed by atoms with Gasteiger partial charge in [0.15, 0.2) is 6.29 Å². The van der Waals surface area contributed by atoms with Crippen LogP contribution in [0.5, 0.6) is 0 Å². The van der Waals surface area contributed by atoms with Crippen LogP contribution in [0.1, 0.15) is 24.8 Å². The molecule has 7 nitrogen and oxygen atoms in total. The SMILES string of the molecule is Cc1ccc(-c2noc(CC[C@@H](C)O[C@@H]3C=C[C@H](O)[C@@H](CO)O3)n2)cc1. The number of hydrogen-bond donors (Lipinski definition) is 2. The fourth-order valence-corrected chi connectivity index (χ4v) is 2.66. The Bertz CT molecular complexity index is 728. The number of ether oxygens (including phenoxy) is 2. The molecule has 0 amide bonds. The van der Waals surface area contributed by atoms with Gasteiger partial charge in [-0.2, -0.15) is 4.98 Å². The number of rotatable bonds is 7. The average molecular weight is 360 g/mol. The van der Waals surface area contributed by atoms with E-state index in [1.165, 1.54) is 5.56 Å². The molecule has 26 heavy (non-hydrogen) atoms. The van der Waals surface area contributed by atoms with Crippen molar-refractivity contribution in [2.75, 3.05) is 6.61 Å². The van der Waals surface area contributed by atoms with Crippen LogP contribution in [0.4, 0.5) is 0 Å². The monoisotopic (exact) mass is 360 g/mol. The minimum absolute atomic E-state index is 0.117. The molecule has 1 aromatic heterocycles. The lowest BCUT2D eigenvalue weighted by Gasteiger charge is -2.29. The zero-order chi connectivity index (χ0) is 18.5. The van der Waals surface area contributed by atoms with Gasteiger partial charge in [0.2, 0.25) is 11.7 Å². The molecule has 0 saturated carbocycles. The number of aryl methyl sites for hydroxylation is 2. The Hall–Kier alpha value is -2.06. The third kappa shape index (κ3) is 4.76. The first-order valence-corrected chi connectivity index (χ1v) is 8.73. The van der Waals surface area contributed by atoms with Crippen LogP contribution in [0.3, 0.4) is 0 Å². The van der Waals surface area contributed by atoms with E-state index in [-0.39, 0.29) is 12.7 Å². The molecule has 1 aliphatic rings. The van der Waals surface area contributed by atoms with Crippen molar-refractivity contribution in [2.45, 2.75) is 51.3 Å². The molecule has 7 heteroatoms. The molecule has 0 bridgehead atoms. The normalized spacial score (nSPS) is 23.9. The van der Waals surface area contributed by atoms with E-state index in [4.69, 9.17) is 14.0 Å². The van der Waals surface area contributed by atoms with Gasteiger partial charge in [-0.25, -0.2) is 0 Å². The summed E-state index contributed by atoms with van der Waals surface area (Å²) in [5.41, 5.74) is 2.10. The van der Waals surface area contributed by atoms with E-state index >= 15 is 0 Å². The van der Waals surface area contributed by atoms with Gasteiger partial charge in [-0.3, -0.25) is 0 Å². The van der Waals surface area contributed by atoms with E-state index in [2.05, 4.69) is 10.1 Å². The molecule has 0 spiro atoms. The van der Waals surface area contributed by atoms with Crippen LogP contribution in [0.25, 0.3) is 11.4 Å². The molecule has 0 unspecified atom stereocenters. The first-order chi connectivity index (χ1) is 12.5. The van der Waals surface area contributed by atoms with Gasteiger partial charge in [0.1, 0.15) is 12.2 Å². The van der Waals surface area contributed by atoms with E-state index < -0.39 is 18.5 Å². The van der Waals surface area contributed by atoms with Crippen molar-refractivity contribution in [3.8, 4) is 11.4 Å². The second-order valence-corrected chi connectivity index (χ2v) is 6.46. The maximum absolute atomic E-state index is 9.63. The summed E-state index contributed by atoms with van der Waals surface area (Å²) in [7, 11) is 0. The van der Waals surface area contributed by atoms with Gasteiger partial charge in [0, 0.05) is 12.0 Å². The Morgan fingerprint density at radius 3 is 2.73 bits per heavy atom. The Balaban J connectivity index is 1.50. The van der Waals surface area contributed by atoms with Crippen LogP contribution < -0.4 is 0 Å². The molecule has 0 aliphatic carbocycles. The van der Waals surface area contributed by atoms with Gasteiger partial charge in [0.25, 0.3) is 0 Å². The summed E-state index contributed by atoms with van der Waals surface area (Å²) in [6, 6.07) is 7.95. The molecular weight excluding hydrogens is 336 g/mol. The van der Waals surface area contributed by atoms with Crippen molar-refractivity contribution in [3.05, 3.63) is 47.9 Å². The zero-order valence-electron chi connectivity index (χ0n) is 14.9. The molecule has 1 aliphatic heterocycles. The molecule has 0 saturated heterocycles. The molecule has 1 aromatic carbocycles. The summed E-state index contributed by atoms with van der Waals surface area (Å²) in [5, 5.41) is 22.8. The lowest BCUT2D eigenvalue weighted by molar-refractivity contribution is -0.196. The number of nitrogens with zero attached hydrogens (tertiary/aromatic N) is 2. The van der Waals surface area contributed by atoms with Crippen molar-refractivity contribution in [1.82, 2.24) is 10.1 Å². The van der Waals surface area contributed by atoms with Gasteiger partial charge in [-0.05, 0) is 26.3 Å². The van der Waals surface area contributed by atoms with Gasteiger partial charge in [0.05, 0.1) is 12.7 Å². The van der Waals surface area contributed by atoms with Crippen molar-refractivity contribution in [1.29, 1.82) is 0 Å². The number of aliphatic hydroxyl groups excluding tert-OH is 2. The minimum Gasteiger partial charge on any atom is -0.394 e. The van der Waals surface area contributed by atoms with Crippen molar-refractivity contribution < 1.29 is 24.2 Å². The second kappa shape index (κ2) is 8.55. The van der Waals surface area contributed by atoms with Crippen molar-refractivity contribution >= 4 is 0 Å². The minimum atomic E-state index is -0.811. The third-order valence-corrected chi connectivity index (χ3v) is 4.24. The largest absolute Gasteiger partial charge is 0.394 e. The Morgan fingerprint density at radius 2 is 2.00 bits per heavy atom. The topological polar surface area (TPSA) is 97.8 Å². The number of hydrogen-bond acceptors (Lipinski definition) is 7. The highest BCUT2D eigenvalue weighted by Gasteiger charge is 2.26. The fourth-order valence-electron chi connectivity index (χ4n) is 2.66. The first kappa shape index (κ1) is 18.7. The molecule has 2 aromatic rings. The molecule has 3 rings (SSSR count). The quantitative estimate of drug-likeness (QED) is 0.729. The van der Waals surface area contributed by atoms with Gasteiger partial charge in [-0.15, -0.1) is 0 Å². The third-order valence-electron chi connectivity index (χ3n) is 4.24. The summed E-state index contributed by atoms with van der Waals surface area (Å²) >= 11 is 0. The lowest BCUT2D eigenvalue weighted by atomic mass is 10.1. The number of benzene rings is 1. The van der Waals surface area contributed by atoms with E-state index in [0.29, 0.717) is 24.6 Å². The number of aromatic nitrogens is 2. The van der Waals surface area contributed by atoms with Crippen LogP contribution in [0, 0.1) is 6.92 Å². The maximum atomic E-state index is 9.63. The second-order valence-electron chi connectivity index (χ2n) is 6.46. The highest BCUT2D eigenvalue weighted by atomic mass is 16.7. The van der Waals surface area contributed by atoms with E-state index in [1.807, 2.05) is 38.1 Å². The van der Waals surface area contributed by atoms with E-state index in [1.54, 1.807) is 12.2 Å². The summed E-state index contributed by atoms with van der Waals surface area (Å²) in [5.74, 6) is 1.13. The van der Waals surface area contributed by atoms with Crippen LogP contribution in [-0.2, 0) is 15.9 Å². The van der Waals surface area contributed by atoms with Crippen molar-refractivity contribution in [2.24, 2.45) is 0 Å². The predicted octanol–water partition coefficient (Wildman–Crippen LogP) is 2.02.